The number of fused-ring (bicyclic) bond motifs is 1. The van der Waals surface area contributed by atoms with Crippen LogP contribution in [0.15, 0.2) is 61.1 Å². The number of anilines is 1. The molecule has 5 rings (SSSR count). The zero-order chi connectivity index (χ0) is 27.6. The smallest absolute Gasteiger partial charge is 0.264 e. The van der Waals surface area contributed by atoms with E-state index < -0.39 is 34.2 Å². The highest BCUT2D eigenvalue weighted by molar-refractivity contribution is 7.86. The van der Waals surface area contributed by atoms with Crippen molar-refractivity contribution in [3.05, 3.63) is 78.0 Å². The van der Waals surface area contributed by atoms with Crippen LogP contribution in [0.1, 0.15) is 22.3 Å². The monoisotopic (exact) mass is 553 g/mol. The Hall–Kier alpha value is -4.36. The number of amides is 1. The number of para-hydroxylation sites is 1. The van der Waals surface area contributed by atoms with Crippen LogP contribution in [0.2, 0.25) is 0 Å². The van der Waals surface area contributed by atoms with Crippen LogP contribution in [-0.2, 0) is 19.1 Å². The van der Waals surface area contributed by atoms with Crippen LogP contribution in [-0.4, -0.2) is 72.0 Å². The molecule has 1 fully saturated rings. The third-order valence-corrected chi connectivity index (χ3v) is 6.70. The SMILES string of the molecule is CS(=O)(=O)OCC(=O)N1CCC(Nc2ncnc3[nH]cc(C(=O)c4ccc(Oc5ccccc5)cc4F)c23)C1. The molecule has 1 saturated heterocycles. The number of aromatic amines is 1. The quantitative estimate of drug-likeness (QED) is 0.236. The number of ether oxygens (including phenoxy) is 1. The molecule has 39 heavy (non-hydrogen) atoms. The first kappa shape index (κ1) is 26.3. The van der Waals surface area contributed by atoms with Crippen molar-refractivity contribution in [1.82, 2.24) is 19.9 Å². The first-order valence-electron chi connectivity index (χ1n) is 12.0. The largest absolute Gasteiger partial charge is 0.457 e. The van der Waals surface area contributed by atoms with Gasteiger partial charge in [-0.1, -0.05) is 18.2 Å². The second-order valence-corrected chi connectivity index (χ2v) is 10.6. The van der Waals surface area contributed by atoms with E-state index in [-0.39, 0.29) is 29.5 Å². The number of nitrogens with zero attached hydrogens (tertiary/aromatic N) is 3. The third kappa shape index (κ3) is 6.04. The van der Waals surface area contributed by atoms with Crippen LogP contribution < -0.4 is 10.1 Å². The van der Waals surface area contributed by atoms with Gasteiger partial charge >= 0.3 is 0 Å². The summed E-state index contributed by atoms with van der Waals surface area (Å²) >= 11 is 0. The molecule has 4 aromatic rings. The van der Waals surface area contributed by atoms with Crippen molar-refractivity contribution >= 4 is 38.7 Å². The van der Waals surface area contributed by atoms with Gasteiger partial charge in [0.25, 0.3) is 10.1 Å². The molecule has 1 amide bonds. The number of carbonyl (C=O) groups excluding carboxylic acids is 2. The molecule has 0 bridgehead atoms. The lowest BCUT2D eigenvalue weighted by Gasteiger charge is -2.17. The molecule has 0 saturated carbocycles. The van der Waals surface area contributed by atoms with Gasteiger partial charge in [0, 0.05) is 31.4 Å². The van der Waals surface area contributed by atoms with Crippen LogP contribution >= 0.6 is 0 Å². The number of benzene rings is 2. The lowest BCUT2D eigenvalue weighted by Crippen LogP contribution is -2.34. The Bertz CT molecular complexity index is 1640. The van der Waals surface area contributed by atoms with Crippen molar-refractivity contribution in [3.63, 3.8) is 0 Å². The fourth-order valence-electron chi connectivity index (χ4n) is 4.31. The van der Waals surface area contributed by atoms with E-state index >= 15 is 4.39 Å². The van der Waals surface area contributed by atoms with Gasteiger partial charge in [0.2, 0.25) is 5.91 Å². The Balaban J connectivity index is 1.33. The van der Waals surface area contributed by atoms with E-state index in [4.69, 9.17) is 4.74 Å². The number of hydrogen-bond acceptors (Lipinski definition) is 9. The second kappa shape index (κ2) is 10.8. The van der Waals surface area contributed by atoms with Crippen molar-refractivity contribution in [2.75, 3.05) is 31.3 Å². The van der Waals surface area contributed by atoms with Gasteiger partial charge in [0.15, 0.2) is 5.78 Å². The van der Waals surface area contributed by atoms with E-state index in [1.165, 1.54) is 29.6 Å². The predicted octanol–water partition coefficient (Wildman–Crippen LogP) is 3.11. The Morgan fingerprint density at radius 3 is 2.67 bits per heavy atom. The molecule has 2 N–H and O–H groups in total. The lowest BCUT2D eigenvalue weighted by atomic mass is 10.0. The van der Waals surface area contributed by atoms with E-state index in [0.717, 1.165) is 12.3 Å². The Morgan fingerprint density at radius 2 is 1.92 bits per heavy atom. The standard InChI is InChI=1S/C26H24FN5O6S/c1-39(35,36)37-14-22(33)32-10-9-16(13-32)31-26-23-20(12-28-25(23)29-15-30-26)24(34)19-8-7-18(11-21(19)27)38-17-5-3-2-4-6-17/h2-8,11-12,15-16H,9-10,13-14H2,1H3,(H2,28,29,30,31). The first-order valence-corrected chi connectivity index (χ1v) is 13.8. The van der Waals surface area contributed by atoms with Crippen LogP contribution in [0.25, 0.3) is 11.0 Å². The molecule has 0 aliphatic carbocycles. The van der Waals surface area contributed by atoms with E-state index in [1.807, 2.05) is 6.07 Å². The van der Waals surface area contributed by atoms with Gasteiger partial charge in [-0.15, -0.1) is 0 Å². The highest BCUT2D eigenvalue weighted by atomic mass is 32.2. The average molecular weight is 554 g/mol. The average Bonchev–Trinajstić information content (AvgIpc) is 3.55. The summed E-state index contributed by atoms with van der Waals surface area (Å²) in [4.78, 5) is 38.6. The zero-order valence-electron chi connectivity index (χ0n) is 20.8. The van der Waals surface area contributed by atoms with Crippen molar-refractivity contribution in [1.29, 1.82) is 0 Å². The number of aromatic nitrogens is 3. The maximum atomic E-state index is 15.0. The maximum absolute atomic E-state index is 15.0. The Labute approximate surface area is 223 Å². The minimum Gasteiger partial charge on any atom is -0.457 e. The van der Waals surface area contributed by atoms with Gasteiger partial charge in [0.1, 0.15) is 41.7 Å². The summed E-state index contributed by atoms with van der Waals surface area (Å²) in [6, 6.07) is 12.7. The molecule has 3 heterocycles. The maximum Gasteiger partial charge on any atom is 0.264 e. The third-order valence-electron chi connectivity index (χ3n) is 6.16. The second-order valence-electron chi connectivity index (χ2n) is 8.97. The van der Waals surface area contributed by atoms with Gasteiger partial charge in [-0.05, 0) is 30.7 Å². The summed E-state index contributed by atoms with van der Waals surface area (Å²) in [7, 11) is -3.73. The fourth-order valence-corrected chi connectivity index (χ4v) is 4.63. The number of nitrogens with one attached hydrogen (secondary N) is 2. The summed E-state index contributed by atoms with van der Waals surface area (Å²) in [5.41, 5.74) is 0.415. The minimum absolute atomic E-state index is 0.144. The molecule has 202 valence electrons. The number of likely N-dealkylation sites (tertiary alicyclic amines) is 1. The molecular weight excluding hydrogens is 529 g/mol. The molecule has 13 heteroatoms. The van der Waals surface area contributed by atoms with Gasteiger partial charge < -0.3 is 19.9 Å². The number of carbonyl (C=O) groups is 2. The van der Waals surface area contributed by atoms with Crippen LogP contribution in [0.4, 0.5) is 10.2 Å². The van der Waals surface area contributed by atoms with E-state index in [0.29, 0.717) is 35.6 Å². The van der Waals surface area contributed by atoms with Crippen LogP contribution in [0, 0.1) is 5.82 Å². The Morgan fingerprint density at radius 1 is 1.13 bits per heavy atom. The molecule has 2 aromatic carbocycles. The number of ketones is 1. The normalized spacial score (nSPS) is 15.4. The van der Waals surface area contributed by atoms with Crippen molar-refractivity contribution in [3.8, 4) is 11.5 Å². The molecule has 1 unspecified atom stereocenters. The summed E-state index contributed by atoms with van der Waals surface area (Å²) in [6.07, 6.45) is 4.21. The highest BCUT2D eigenvalue weighted by Crippen LogP contribution is 2.29. The fraction of sp³-hybridized carbons (Fsp3) is 0.231. The highest BCUT2D eigenvalue weighted by Gasteiger charge is 2.29. The molecule has 1 aliphatic rings. The van der Waals surface area contributed by atoms with Gasteiger partial charge in [0.05, 0.1) is 22.8 Å². The van der Waals surface area contributed by atoms with Crippen LogP contribution in [0.5, 0.6) is 11.5 Å². The molecule has 1 atom stereocenters. The number of hydrogen-bond donors (Lipinski definition) is 2. The van der Waals surface area contributed by atoms with E-state index in [1.54, 1.807) is 24.3 Å². The summed E-state index contributed by atoms with van der Waals surface area (Å²) < 4.78 is 47.6. The van der Waals surface area contributed by atoms with Crippen LogP contribution in [0.3, 0.4) is 0 Å². The first-order chi connectivity index (χ1) is 18.7. The van der Waals surface area contributed by atoms with Crippen molar-refractivity contribution < 1.29 is 31.3 Å². The topological polar surface area (TPSA) is 144 Å². The number of rotatable bonds is 9. The van der Waals surface area contributed by atoms with Gasteiger partial charge in [-0.3, -0.25) is 13.8 Å². The minimum atomic E-state index is -3.73. The molecule has 0 spiro atoms. The summed E-state index contributed by atoms with van der Waals surface area (Å²) in [6.45, 7) is 0.0998. The zero-order valence-corrected chi connectivity index (χ0v) is 21.6. The predicted molar refractivity (Wildman–Crippen MR) is 140 cm³/mol. The van der Waals surface area contributed by atoms with E-state index in [9.17, 15) is 18.0 Å². The lowest BCUT2D eigenvalue weighted by molar-refractivity contribution is -0.132. The van der Waals surface area contributed by atoms with Gasteiger partial charge in [-0.25, -0.2) is 14.4 Å². The number of H-pyrrole nitrogens is 1. The summed E-state index contributed by atoms with van der Waals surface area (Å²) in [5.74, 6) is -0.622. The van der Waals surface area contributed by atoms with Crippen molar-refractivity contribution in [2.24, 2.45) is 0 Å². The van der Waals surface area contributed by atoms with Gasteiger partial charge in [-0.2, -0.15) is 8.42 Å². The number of halogens is 1. The molecule has 2 aromatic heterocycles. The molecule has 0 radical (unpaired) electrons. The van der Waals surface area contributed by atoms with Crippen molar-refractivity contribution in [2.45, 2.75) is 12.5 Å². The molecule has 1 aliphatic heterocycles. The van der Waals surface area contributed by atoms with E-state index in [2.05, 4.69) is 24.5 Å². The molecular formula is C26H24FN5O6S. The molecule has 11 nitrogen and oxygen atoms in total. The summed E-state index contributed by atoms with van der Waals surface area (Å²) in [5, 5.41) is 3.62. The Kier molecular flexibility index (Phi) is 7.26.